The molecule has 0 heterocycles. The molecule has 0 unspecified atom stereocenters. The maximum absolute atomic E-state index is 13.8. The summed E-state index contributed by atoms with van der Waals surface area (Å²) in [6, 6.07) is 23.0. The summed E-state index contributed by atoms with van der Waals surface area (Å²) < 4.78 is 27.7. The van der Waals surface area contributed by atoms with Crippen molar-refractivity contribution in [3.63, 3.8) is 0 Å². The molecule has 0 aliphatic heterocycles. The van der Waals surface area contributed by atoms with Crippen molar-refractivity contribution >= 4 is 16.7 Å². The van der Waals surface area contributed by atoms with Gasteiger partial charge in [0.25, 0.3) is 5.91 Å². The number of aliphatic hydroxyl groups is 2. The number of rotatable bonds is 11. The quantitative estimate of drug-likeness (QED) is 0.234. The van der Waals surface area contributed by atoms with Gasteiger partial charge in [0.15, 0.2) is 6.10 Å². The summed E-state index contributed by atoms with van der Waals surface area (Å²) in [5.41, 5.74) is 2.96. The van der Waals surface area contributed by atoms with Gasteiger partial charge in [-0.2, -0.15) is 0 Å². The second kappa shape index (κ2) is 12.7. The predicted molar refractivity (Wildman–Crippen MR) is 144 cm³/mol. The molecule has 0 bridgehead atoms. The Balaban J connectivity index is 1.50. The van der Waals surface area contributed by atoms with Gasteiger partial charge < -0.3 is 20.8 Å². The van der Waals surface area contributed by atoms with Crippen LogP contribution in [0.15, 0.2) is 84.9 Å². The fraction of sp³-hybridized carbons (Fsp3) is 0.258. The Hall–Kier alpha value is -3.65. The molecular formula is C31H32F2N2O3. The van der Waals surface area contributed by atoms with E-state index in [9.17, 15) is 23.8 Å². The van der Waals surface area contributed by atoms with Crippen molar-refractivity contribution in [2.75, 3.05) is 6.54 Å². The van der Waals surface area contributed by atoms with E-state index in [4.69, 9.17) is 0 Å². The van der Waals surface area contributed by atoms with E-state index in [1.54, 1.807) is 12.1 Å². The van der Waals surface area contributed by atoms with Crippen molar-refractivity contribution in [3.8, 4) is 0 Å². The summed E-state index contributed by atoms with van der Waals surface area (Å²) in [4.78, 5) is 13.2. The summed E-state index contributed by atoms with van der Waals surface area (Å²) in [6.07, 6.45) is -1.71. The zero-order valence-corrected chi connectivity index (χ0v) is 21.2. The average molecular weight is 519 g/mol. The van der Waals surface area contributed by atoms with Gasteiger partial charge in [0.2, 0.25) is 0 Å². The molecule has 0 spiro atoms. The lowest BCUT2D eigenvalue weighted by Gasteiger charge is -2.26. The summed E-state index contributed by atoms with van der Waals surface area (Å²) in [6.45, 7) is 2.69. The number of halogens is 2. The van der Waals surface area contributed by atoms with Crippen LogP contribution in [0.25, 0.3) is 10.8 Å². The maximum Gasteiger partial charge on any atom is 0.253 e. The van der Waals surface area contributed by atoms with Crippen molar-refractivity contribution in [1.29, 1.82) is 0 Å². The molecule has 0 saturated carbocycles. The number of carbonyl (C=O) groups is 1. The van der Waals surface area contributed by atoms with Crippen LogP contribution in [0, 0.1) is 11.6 Å². The molecule has 4 aromatic carbocycles. The molecule has 4 rings (SSSR count). The second-order valence-corrected chi connectivity index (χ2v) is 9.44. The minimum absolute atomic E-state index is 0.0309. The van der Waals surface area contributed by atoms with Crippen LogP contribution < -0.4 is 10.6 Å². The Morgan fingerprint density at radius 1 is 0.842 bits per heavy atom. The van der Waals surface area contributed by atoms with Crippen LogP contribution in [0.4, 0.5) is 8.78 Å². The molecule has 5 nitrogen and oxygen atoms in total. The van der Waals surface area contributed by atoms with Gasteiger partial charge in [-0.05, 0) is 58.0 Å². The van der Waals surface area contributed by atoms with Gasteiger partial charge in [-0.3, -0.25) is 4.79 Å². The van der Waals surface area contributed by atoms with E-state index in [1.165, 1.54) is 17.7 Å². The molecule has 0 fully saturated rings. The number of aryl methyl sites for hydroxylation is 1. The zero-order chi connectivity index (χ0) is 27.1. The molecule has 0 radical (unpaired) electrons. The summed E-state index contributed by atoms with van der Waals surface area (Å²) in [7, 11) is 0. The number of hydrogen-bond acceptors (Lipinski definition) is 4. The van der Waals surface area contributed by atoms with Gasteiger partial charge in [-0.15, -0.1) is 0 Å². The van der Waals surface area contributed by atoms with Crippen LogP contribution in [0.5, 0.6) is 0 Å². The van der Waals surface area contributed by atoms with Crippen LogP contribution in [-0.2, 0) is 24.2 Å². The highest BCUT2D eigenvalue weighted by atomic mass is 19.1. The number of benzene rings is 4. The Kier molecular flexibility index (Phi) is 9.18. The predicted octanol–water partition coefficient (Wildman–Crippen LogP) is 4.59. The molecule has 3 atom stereocenters. The van der Waals surface area contributed by atoms with Gasteiger partial charge in [0.05, 0.1) is 12.1 Å². The molecule has 198 valence electrons. The van der Waals surface area contributed by atoms with Crippen LogP contribution >= 0.6 is 0 Å². The van der Waals surface area contributed by atoms with Gasteiger partial charge in [-0.1, -0.05) is 73.7 Å². The maximum atomic E-state index is 13.8. The van der Waals surface area contributed by atoms with Gasteiger partial charge >= 0.3 is 0 Å². The fourth-order valence-corrected chi connectivity index (χ4v) is 4.62. The molecule has 7 heteroatoms. The Morgan fingerprint density at radius 2 is 1.53 bits per heavy atom. The van der Waals surface area contributed by atoms with Crippen LogP contribution in [0.1, 0.15) is 35.3 Å². The Labute approximate surface area is 221 Å². The first-order valence-electron chi connectivity index (χ1n) is 12.7. The van der Waals surface area contributed by atoms with Crippen molar-refractivity contribution in [1.82, 2.24) is 10.6 Å². The SMILES string of the molecule is CCc1cccc(CNC[C@H](O)[C@H](Cc2cc(F)cc(F)c2)NC(=O)[C@@H](O)c2cccc3ccccc23)c1. The van der Waals surface area contributed by atoms with Gasteiger partial charge in [0, 0.05) is 19.2 Å². The van der Waals surface area contributed by atoms with Crippen molar-refractivity contribution in [2.24, 2.45) is 0 Å². The monoisotopic (exact) mass is 518 g/mol. The lowest BCUT2D eigenvalue weighted by molar-refractivity contribution is -0.131. The lowest BCUT2D eigenvalue weighted by Crippen LogP contribution is -2.50. The third kappa shape index (κ3) is 7.01. The van der Waals surface area contributed by atoms with Crippen molar-refractivity contribution in [3.05, 3.63) is 119 Å². The van der Waals surface area contributed by atoms with Crippen LogP contribution in [0.2, 0.25) is 0 Å². The average Bonchev–Trinajstić information content (AvgIpc) is 2.91. The van der Waals surface area contributed by atoms with E-state index >= 15 is 0 Å². The van der Waals surface area contributed by atoms with E-state index in [0.717, 1.165) is 28.8 Å². The van der Waals surface area contributed by atoms with E-state index in [1.807, 2.05) is 48.5 Å². The van der Waals surface area contributed by atoms with Crippen molar-refractivity contribution in [2.45, 2.75) is 44.6 Å². The molecule has 0 aromatic heterocycles. The third-order valence-electron chi connectivity index (χ3n) is 6.62. The normalized spacial score (nSPS) is 13.7. The third-order valence-corrected chi connectivity index (χ3v) is 6.62. The topological polar surface area (TPSA) is 81.6 Å². The largest absolute Gasteiger partial charge is 0.390 e. The van der Waals surface area contributed by atoms with E-state index in [0.29, 0.717) is 12.1 Å². The number of fused-ring (bicyclic) bond motifs is 1. The van der Waals surface area contributed by atoms with Crippen molar-refractivity contribution < 1.29 is 23.8 Å². The standard InChI is InChI=1S/C31H32F2N2O3/c1-2-20-7-5-8-21(13-20)18-34-19-29(36)28(16-22-14-24(32)17-25(33)15-22)35-31(38)30(37)27-12-6-10-23-9-3-4-11-26(23)27/h3-15,17,28-30,34,36-37H,2,16,18-19H2,1H3,(H,35,38)/t28-,29-,30-/m0/s1. The summed E-state index contributed by atoms with van der Waals surface area (Å²) in [5.74, 6) is -2.20. The minimum atomic E-state index is -1.50. The Bertz CT molecular complexity index is 1370. The van der Waals surface area contributed by atoms with Gasteiger partial charge in [-0.25, -0.2) is 8.78 Å². The Morgan fingerprint density at radius 3 is 2.29 bits per heavy atom. The van der Waals surface area contributed by atoms with Crippen LogP contribution in [0.3, 0.4) is 0 Å². The molecule has 4 aromatic rings. The molecule has 38 heavy (non-hydrogen) atoms. The smallest absolute Gasteiger partial charge is 0.253 e. The molecule has 1 amide bonds. The minimum Gasteiger partial charge on any atom is -0.390 e. The molecular weight excluding hydrogens is 486 g/mol. The lowest BCUT2D eigenvalue weighted by atomic mass is 9.97. The van der Waals surface area contributed by atoms with Crippen LogP contribution in [-0.4, -0.2) is 34.8 Å². The highest BCUT2D eigenvalue weighted by Crippen LogP contribution is 2.25. The van der Waals surface area contributed by atoms with E-state index in [-0.39, 0.29) is 18.5 Å². The molecule has 0 aliphatic rings. The molecule has 0 saturated heterocycles. The fourth-order valence-electron chi connectivity index (χ4n) is 4.62. The first-order chi connectivity index (χ1) is 18.3. The highest BCUT2D eigenvalue weighted by Gasteiger charge is 2.27. The number of hydrogen-bond donors (Lipinski definition) is 4. The molecule has 4 N–H and O–H groups in total. The summed E-state index contributed by atoms with van der Waals surface area (Å²) >= 11 is 0. The highest BCUT2D eigenvalue weighted by molar-refractivity contribution is 5.92. The molecule has 0 aliphatic carbocycles. The van der Waals surface area contributed by atoms with E-state index < -0.39 is 35.8 Å². The number of amides is 1. The number of aliphatic hydroxyl groups excluding tert-OH is 2. The summed E-state index contributed by atoms with van der Waals surface area (Å²) in [5, 5.41) is 29.4. The first-order valence-corrected chi connectivity index (χ1v) is 12.7. The number of nitrogens with one attached hydrogen (secondary N) is 2. The van der Waals surface area contributed by atoms with E-state index in [2.05, 4.69) is 23.6 Å². The second-order valence-electron chi connectivity index (χ2n) is 9.44. The number of carbonyl (C=O) groups excluding carboxylic acids is 1. The first kappa shape index (κ1) is 27.4. The zero-order valence-electron chi connectivity index (χ0n) is 21.2. The van der Waals surface area contributed by atoms with Gasteiger partial charge in [0.1, 0.15) is 11.6 Å².